The molecule has 0 radical (unpaired) electrons. The van der Waals surface area contributed by atoms with Crippen LogP contribution in [-0.4, -0.2) is 42.6 Å². The van der Waals surface area contributed by atoms with Crippen LogP contribution in [0.25, 0.3) is 0 Å². The lowest BCUT2D eigenvalue weighted by Crippen LogP contribution is -2.14. The number of esters is 1. The summed E-state index contributed by atoms with van der Waals surface area (Å²) < 4.78 is 15.1. The molecule has 0 N–H and O–H groups in total. The monoisotopic (exact) mass is 246 g/mol. The molecule has 94 valence electrons. The van der Waals surface area contributed by atoms with Gasteiger partial charge in [0.1, 0.15) is 0 Å². The van der Waals surface area contributed by atoms with Gasteiger partial charge in [0.2, 0.25) is 0 Å². The normalized spacial score (nSPS) is 11.2. The van der Waals surface area contributed by atoms with E-state index in [4.69, 9.17) is 14.2 Å². The van der Waals surface area contributed by atoms with Gasteiger partial charge in [0.25, 0.3) is 0 Å². The Morgan fingerprint density at radius 2 is 2.06 bits per heavy atom. The summed E-state index contributed by atoms with van der Waals surface area (Å²) in [6, 6.07) is 2.27. The van der Waals surface area contributed by atoms with Gasteiger partial charge in [-0.2, -0.15) is 0 Å². The SMILES string of the molecule is C=CC(=O)OCCCC[SiH2]CC(OC)OC. The van der Waals surface area contributed by atoms with Crippen molar-refractivity contribution in [1.82, 2.24) is 0 Å². The van der Waals surface area contributed by atoms with Crippen LogP contribution in [0, 0.1) is 0 Å². The van der Waals surface area contributed by atoms with Gasteiger partial charge in [-0.15, -0.1) is 0 Å². The molecule has 0 saturated heterocycles. The first-order chi connectivity index (χ1) is 7.74. The molecule has 0 aliphatic heterocycles. The van der Waals surface area contributed by atoms with Crippen LogP contribution < -0.4 is 0 Å². The maximum Gasteiger partial charge on any atom is 0.330 e. The zero-order chi connectivity index (χ0) is 12.2. The Bertz CT molecular complexity index is 192. The lowest BCUT2D eigenvalue weighted by Gasteiger charge is -2.12. The van der Waals surface area contributed by atoms with Crippen molar-refractivity contribution >= 4 is 15.5 Å². The Morgan fingerprint density at radius 1 is 1.38 bits per heavy atom. The van der Waals surface area contributed by atoms with Gasteiger partial charge in [-0.3, -0.25) is 0 Å². The van der Waals surface area contributed by atoms with E-state index >= 15 is 0 Å². The van der Waals surface area contributed by atoms with Crippen LogP contribution in [0.3, 0.4) is 0 Å². The largest absolute Gasteiger partial charge is 0.463 e. The van der Waals surface area contributed by atoms with Crippen LogP contribution in [0.5, 0.6) is 0 Å². The van der Waals surface area contributed by atoms with Crippen LogP contribution in [-0.2, 0) is 19.0 Å². The highest BCUT2D eigenvalue weighted by Crippen LogP contribution is 2.03. The molecule has 16 heavy (non-hydrogen) atoms. The second-order valence-electron chi connectivity index (χ2n) is 3.48. The standard InChI is InChI=1S/C11H22O4Si/c1-4-10(12)15-7-5-6-8-16-9-11(13-2)14-3/h4,11H,1,5-9,16H2,2-3H3. The van der Waals surface area contributed by atoms with E-state index in [1.807, 2.05) is 0 Å². The zero-order valence-electron chi connectivity index (χ0n) is 10.2. The molecule has 5 heteroatoms. The molecule has 0 amide bonds. The minimum atomic E-state index is -0.337. The quantitative estimate of drug-likeness (QED) is 0.190. The number of hydrogen-bond donors (Lipinski definition) is 0. The highest BCUT2D eigenvalue weighted by atomic mass is 28.2. The van der Waals surface area contributed by atoms with Gasteiger partial charge in [-0.1, -0.05) is 19.0 Å². The fraction of sp³-hybridized carbons (Fsp3) is 0.727. The summed E-state index contributed by atoms with van der Waals surface area (Å²) in [5.74, 6) is -0.337. The summed E-state index contributed by atoms with van der Waals surface area (Å²) in [6.45, 7) is 3.83. The van der Waals surface area contributed by atoms with Crippen molar-refractivity contribution < 1.29 is 19.0 Å². The Labute approximate surface area is 99.8 Å². The van der Waals surface area contributed by atoms with Crippen LogP contribution in [0.1, 0.15) is 12.8 Å². The van der Waals surface area contributed by atoms with E-state index in [9.17, 15) is 4.79 Å². The molecule has 0 aromatic heterocycles. The smallest absolute Gasteiger partial charge is 0.330 e. The van der Waals surface area contributed by atoms with Crippen LogP contribution in [0.15, 0.2) is 12.7 Å². The Kier molecular flexibility index (Phi) is 10.4. The number of ether oxygens (including phenoxy) is 3. The zero-order valence-corrected chi connectivity index (χ0v) is 11.7. The molecule has 0 aromatic carbocycles. The first kappa shape index (κ1) is 15.3. The summed E-state index contributed by atoms with van der Waals surface area (Å²) in [6.07, 6.45) is 3.19. The molecule has 4 nitrogen and oxygen atoms in total. The molecular formula is C11H22O4Si. The lowest BCUT2D eigenvalue weighted by atomic mass is 10.4. The van der Waals surface area contributed by atoms with Crippen LogP contribution in [0.2, 0.25) is 12.1 Å². The van der Waals surface area contributed by atoms with Gasteiger partial charge < -0.3 is 14.2 Å². The van der Waals surface area contributed by atoms with Gasteiger partial charge in [0.05, 0.1) is 6.61 Å². The Morgan fingerprint density at radius 3 is 2.62 bits per heavy atom. The fourth-order valence-electron chi connectivity index (χ4n) is 1.33. The van der Waals surface area contributed by atoms with Crippen molar-refractivity contribution in [3.63, 3.8) is 0 Å². The average Bonchev–Trinajstić information content (AvgIpc) is 2.32. The number of carbonyl (C=O) groups excluding carboxylic acids is 1. The van der Waals surface area contributed by atoms with Crippen molar-refractivity contribution in [2.24, 2.45) is 0 Å². The molecule has 0 fully saturated rings. The molecule has 0 aromatic rings. The molecule has 0 aliphatic rings. The molecule has 0 unspecified atom stereocenters. The minimum absolute atomic E-state index is 0.0368. The minimum Gasteiger partial charge on any atom is -0.463 e. The predicted octanol–water partition coefficient (Wildman–Crippen LogP) is 1.12. The van der Waals surface area contributed by atoms with Gasteiger partial charge in [-0.25, -0.2) is 4.79 Å². The van der Waals surface area contributed by atoms with E-state index in [-0.39, 0.29) is 21.8 Å². The maximum atomic E-state index is 10.7. The molecule has 0 bridgehead atoms. The number of methoxy groups -OCH3 is 2. The third-order valence-corrected chi connectivity index (χ3v) is 4.15. The predicted molar refractivity (Wildman–Crippen MR) is 66.4 cm³/mol. The van der Waals surface area contributed by atoms with Gasteiger partial charge in [-0.05, 0) is 12.5 Å². The number of hydrogen-bond acceptors (Lipinski definition) is 4. The van der Waals surface area contributed by atoms with E-state index in [1.165, 1.54) is 12.1 Å². The second-order valence-corrected chi connectivity index (χ2v) is 5.47. The van der Waals surface area contributed by atoms with Crippen LogP contribution >= 0.6 is 0 Å². The van der Waals surface area contributed by atoms with Crippen molar-refractivity contribution in [2.75, 3.05) is 20.8 Å². The van der Waals surface area contributed by atoms with E-state index in [1.54, 1.807) is 14.2 Å². The number of rotatable bonds is 10. The third-order valence-electron chi connectivity index (χ3n) is 2.27. The van der Waals surface area contributed by atoms with E-state index < -0.39 is 0 Å². The summed E-state index contributed by atoms with van der Waals surface area (Å²) >= 11 is 0. The maximum absolute atomic E-state index is 10.7. The van der Waals surface area contributed by atoms with Gasteiger partial charge in [0, 0.05) is 29.8 Å². The number of carbonyl (C=O) groups is 1. The molecule has 0 atom stereocenters. The lowest BCUT2D eigenvalue weighted by molar-refractivity contribution is -0.137. The summed E-state index contributed by atoms with van der Waals surface area (Å²) in [4.78, 5) is 10.7. The van der Waals surface area contributed by atoms with Crippen molar-refractivity contribution in [3.8, 4) is 0 Å². The topological polar surface area (TPSA) is 44.8 Å². The van der Waals surface area contributed by atoms with E-state index in [0.717, 1.165) is 18.9 Å². The van der Waals surface area contributed by atoms with Crippen molar-refractivity contribution in [3.05, 3.63) is 12.7 Å². The second kappa shape index (κ2) is 10.9. The first-order valence-electron chi connectivity index (χ1n) is 5.59. The molecule has 0 heterocycles. The average molecular weight is 246 g/mol. The van der Waals surface area contributed by atoms with Gasteiger partial charge in [0.15, 0.2) is 6.29 Å². The van der Waals surface area contributed by atoms with Crippen LogP contribution in [0.4, 0.5) is 0 Å². The highest BCUT2D eigenvalue weighted by molar-refractivity contribution is 6.35. The number of unbranched alkanes of at least 4 members (excludes halogenated alkanes) is 1. The summed E-state index contributed by atoms with van der Waals surface area (Å²) in [7, 11) is 3.21. The molecule has 0 rings (SSSR count). The molecular weight excluding hydrogens is 224 g/mol. The van der Waals surface area contributed by atoms with E-state index in [0.29, 0.717) is 6.61 Å². The fourth-order valence-corrected chi connectivity index (χ4v) is 3.13. The Hall–Kier alpha value is -0.653. The molecule has 0 spiro atoms. The summed E-state index contributed by atoms with van der Waals surface area (Å²) in [5.41, 5.74) is 0. The molecule has 0 aliphatic carbocycles. The Balaban J connectivity index is 3.21. The van der Waals surface area contributed by atoms with Gasteiger partial charge >= 0.3 is 5.97 Å². The highest BCUT2D eigenvalue weighted by Gasteiger charge is 2.04. The molecule has 0 saturated carbocycles. The van der Waals surface area contributed by atoms with Crippen molar-refractivity contribution in [1.29, 1.82) is 0 Å². The van der Waals surface area contributed by atoms with E-state index in [2.05, 4.69) is 6.58 Å². The first-order valence-corrected chi connectivity index (χ1v) is 7.59. The summed E-state index contributed by atoms with van der Waals surface area (Å²) in [5, 5.41) is 0. The van der Waals surface area contributed by atoms with Crippen molar-refractivity contribution in [2.45, 2.75) is 31.2 Å². The third kappa shape index (κ3) is 8.64.